The zero-order chi connectivity index (χ0) is 8.27. The molecule has 0 aromatic carbocycles. The lowest BCUT2D eigenvalue weighted by atomic mass is 10.3. The van der Waals surface area contributed by atoms with Crippen LogP contribution in [0.5, 0.6) is 0 Å². The fraction of sp³-hybridized carbons (Fsp3) is 1.00. The molecule has 1 rings (SSSR count). The van der Waals surface area contributed by atoms with Gasteiger partial charge in [0.1, 0.15) is 6.61 Å². The second-order valence-corrected chi connectivity index (χ2v) is 3.92. The van der Waals surface area contributed by atoms with Crippen LogP contribution < -0.4 is 0 Å². The maximum atomic E-state index is 11.6. The molecule has 0 saturated carbocycles. The molecule has 5 heteroatoms. The predicted molar refractivity (Wildman–Crippen MR) is 44.4 cm³/mol. The van der Waals surface area contributed by atoms with E-state index in [1.807, 2.05) is 0 Å². The summed E-state index contributed by atoms with van der Waals surface area (Å²) in [6, 6.07) is 0. The van der Waals surface area contributed by atoms with Crippen LogP contribution >= 0.6 is 22.6 Å². The third-order valence-corrected chi connectivity index (χ3v) is 2.56. The van der Waals surface area contributed by atoms with Gasteiger partial charge in [-0.15, -0.1) is 0 Å². The molecule has 1 aliphatic rings. The van der Waals surface area contributed by atoms with Gasteiger partial charge in [-0.25, -0.2) is 8.78 Å². The van der Waals surface area contributed by atoms with Crippen LogP contribution in [0.4, 0.5) is 8.78 Å². The van der Waals surface area contributed by atoms with Gasteiger partial charge in [0.05, 0.1) is 23.2 Å². The topological polar surface area (TPSA) is 18.5 Å². The highest BCUT2D eigenvalue weighted by molar-refractivity contribution is 14.1. The van der Waals surface area contributed by atoms with Crippen molar-refractivity contribution in [3.63, 3.8) is 0 Å². The minimum Gasteiger partial charge on any atom is -0.378 e. The Labute approximate surface area is 77.4 Å². The smallest absolute Gasteiger partial charge is 0.261 e. The van der Waals surface area contributed by atoms with E-state index in [1.165, 1.54) is 0 Å². The number of halogens is 3. The summed E-state index contributed by atoms with van der Waals surface area (Å²) in [4.78, 5) is 0. The fourth-order valence-electron chi connectivity index (χ4n) is 0.857. The van der Waals surface area contributed by atoms with Crippen LogP contribution in [-0.2, 0) is 9.47 Å². The van der Waals surface area contributed by atoms with Crippen LogP contribution in [0.2, 0.25) is 0 Å². The molecule has 1 saturated heterocycles. The van der Waals surface area contributed by atoms with E-state index in [2.05, 4.69) is 22.6 Å². The van der Waals surface area contributed by atoms with E-state index in [1.54, 1.807) is 0 Å². The fourth-order valence-corrected chi connectivity index (χ4v) is 1.53. The number of hydrogen-bond acceptors (Lipinski definition) is 2. The lowest BCUT2D eigenvalue weighted by molar-refractivity contribution is -0.0238. The van der Waals surface area contributed by atoms with Crippen LogP contribution in [0.1, 0.15) is 0 Å². The normalized spacial score (nSPS) is 31.6. The molecular weight excluding hydrogens is 269 g/mol. The summed E-state index contributed by atoms with van der Waals surface area (Å²) in [6.45, 7) is 0.572. The molecule has 1 heterocycles. The average molecular weight is 278 g/mol. The molecule has 0 aromatic heterocycles. The van der Waals surface area contributed by atoms with Gasteiger partial charge in [0.25, 0.3) is 6.43 Å². The van der Waals surface area contributed by atoms with Gasteiger partial charge < -0.3 is 9.47 Å². The van der Waals surface area contributed by atoms with Gasteiger partial charge in [-0.2, -0.15) is 0 Å². The summed E-state index contributed by atoms with van der Waals surface area (Å²) in [7, 11) is 0. The SMILES string of the molecule is FC(F)COC1COCC1I. The van der Waals surface area contributed by atoms with Crippen molar-refractivity contribution in [3.05, 3.63) is 0 Å². The van der Waals surface area contributed by atoms with Crippen molar-refractivity contribution in [2.75, 3.05) is 19.8 Å². The first-order valence-corrected chi connectivity index (χ1v) is 4.56. The lowest BCUT2D eigenvalue weighted by Crippen LogP contribution is -2.24. The molecule has 11 heavy (non-hydrogen) atoms. The highest BCUT2D eigenvalue weighted by atomic mass is 127. The maximum absolute atomic E-state index is 11.6. The van der Waals surface area contributed by atoms with Gasteiger partial charge >= 0.3 is 0 Å². The highest BCUT2D eigenvalue weighted by Gasteiger charge is 2.27. The molecule has 0 N–H and O–H groups in total. The third-order valence-electron chi connectivity index (χ3n) is 1.40. The molecule has 2 unspecified atom stereocenters. The predicted octanol–water partition coefficient (Wildman–Crippen LogP) is 1.47. The first-order valence-electron chi connectivity index (χ1n) is 3.31. The summed E-state index contributed by atoms with van der Waals surface area (Å²) >= 11 is 2.15. The number of ether oxygens (including phenoxy) is 2. The minimum absolute atomic E-state index is 0.149. The second kappa shape index (κ2) is 4.51. The quantitative estimate of drug-likeness (QED) is 0.575. The van der Waals surface area contributed by atoms with Crippen LogP contribution in [0.25, 0.3) is 0 Å². The van der Waals surface area contributed by atoms with Gasteiger partial charge in [-0.05, 0) is 0 Å². The van der Waals surface area contributed by atoms with E-state index in [0.717, 1.165) is 0 Å². The number of hydrogen-bond donors (Lipinski definition) is 0. The summed E-state index contributed by atoms with van der Waals surface area (Å²) in [5.74, 6) is 0. The summed E-state index contributed by atoms with van der Waals surface area (Å²) < 4.78 is 33.4. The van der Waals surface area contributed by atoms with Crippen LogP contribution in [0, 0.1) is 0 Å². The van der Waals surface area contributed by atoms with Crippen LogP contribution in [0.3, 0.4) is 0 Å². The Balaban J connectivity index is 2.15. The lowest BCUT2D eigenvalue weighted by Gasteiger charge is -2.12. The Kier molecular flexibility index (Phi) is 3.94. The third kappa shape index (κ3) is 3.16. The monoisotopic (exact) mass is 278 g/mol. The van der Waals surface area contributed by atoms with Crippen molar-refractivity contribution < 1.29 is 18.3 Å². The van der Waals surface area contributed by atoms with E-state index in [4.69, 9.17) is 9.47 Å². The molecule has 0 radical (unpaired) electrons. The van der Waals surface area contributed by atoms with Gasteiger partial charge in [0.15, 0.2) is 0 Å². The zero-order valence-corrected chi connectivity index (χ0v) is 7.96. The van der Waals surface area contributed by atoms with E-state index < -0.39 is 13.0 Å². The van der Waals surface area contributed by atoms with E-state index in [0.29, 0.717) is 13.2 Å². The van der Waals surface area contributed by atoms with Gasteiger partial charge in [-0.3, -0.25) is 0 Å². The van der Waals surface area contributed by atoms with E-state index in [9.17, 15) is 8.78 Å². The minimum atomic E-state index is -2.38. The molecule has 2 nitrogen and oxygen atoms in total. The molecule has 2 atom stereocenters. The maximum Gasteiger partial charge on any atom is 0.261 e. The molecule has 0 bridgehead atoms. The Hall–Kier alpha value is 0.510. The first-order chi connectivity index (χ1) is 5.20. The standard InChI is InChI=1S/C6H9F2IO2/c7-6(8)3-11-5-2-10-1-4(5)9/h4-6H,1-3H2. The zero-order valence-electron chi connectivity index (χ0n) is 5.80. The molecule has 66 valence electrons. The van der Waals surface area contributed by atoms with Crippen molar-refractivity contribution in [2.24, 2.45) is 0 Å². The van der Waals surface area contributed by atoms with E-state index >= 15 is 0 Å². The van der Waals surface area contributed by atoms with Crippen molar-refractivity contribution in [1.29, 1.82) is 0 Å². The van der Waals surface area contributed by atoms with Crippen molar-refractivity contribution in [2.45, 2.75) is 16.5 Å². The summed E-state index contributed by atoms with van der Waals surface area (Å²) in [6.07, 6.45) is -2.52. The van der Waals surface area contributed by atoms with E-state index in [-0.39, 0.29) is 10.0 Å². The molecule has 1 fully saturated rings. The molecule has 0 spiro atoms. The largest absolute Gasteiger partial charge is 0.378 e. The van der Waals surface area contributed by atoms with Crippen molar-refractivity contribution in [3.8, 4) is 0 Å². The van der Waals surface area contributed by atoms with Crippen LogP contribution in [0.15, 0.2) is 0 Å². The first kappa shape index (κ1) is 9.60. The Morgan fingerprint density at radius 3 is 2.73 bits per heavy atom. The Morgan fingerprint density at radius 2 is 2.27 bits per heavy atom. The number of rotatable bonds is 3. The van der Waals surface area contributed by atoms with Crippen molar-refractivity contribution >= 4 is 22.6 Å². The molecule has 0 aliphatic carbocycles. The van der Waals surface area contributed by atoms with Crippen LogP contribution in [-0.4, -0.2) is 36.3 Å². The average Bonchev–Trinajstić information content (AvgIpc) is 2.31. The Morgan fingerprint density at radius 1 is 1.55 bits per heavy atom. The van der Waals surface area contributed by atoms with Crippen molar-refractivity contribution in [1.82, 2.24) is 0 Å². The van der Waals surface area contributed by atoms with Gasteiger partial charge in [-0.1, -0.05) is 22.6 Å². The Bertz CT molecular complexity index is 123. The molecule has 0 aromatic rings. The second-order valence-electron chi connectivity index (χ2n) is 2.32. The van der Waals surface area contributed by atoms with Gasteiger partial charge in [0, 0.05) is 0 Å². The molecule has 0 amide bonds. The molecule has 1 aliphatic heterocycles. The summed E-state index contributed by atoms with van der Waals surface area (Å²) in [5.41, 5.74) is 0. The molecular formula is C6H9F2IO2. The van der Waals surface area contributed by atoms with Gasteiger partial charge in [0.2, 0.25) is 0 Å². The number of alkyl halides is 3. The summed E-state index contributed by atoms with van der Waals surface area (Å²) in [5, 5.41) is 0. The highest BCUT2D eigenvalue weighted by Crippen LogP contribution is 2.18.